The second kappa shape index (κ2) is 6.02. The van der Waals surface area contributed by atoms with Gasteiger partial charge in [0.1, 0.15) is 0 Å². The number of methoxy groups -OCH3 is 1. The lowest BCUT2D eigenvalue weighted by Crippen LogP contribution is -2.45. The van der Waals surface area contributed by atoms with E-state index in [-0.39, 0.29) is 5.60 Å². The molecule has 1 fully saturated rings. The number of rotatable bonds is 6. The van der Waals surface area contributed by atoms with Gasteiger partial charge in [-0.15, -0.1) is 0 Å². The van der Waals surface area contributed by atoms with E-state index in [1.54, 1.807) is 7.11 Å². The molecule has 0 aromatic rings. The molecule has 0 aromatic heterocycles. The van der Waals surface area contributed by atoms with Crippen molar-refractivity contribution in [3.8, 4) is 0 Å². The number of carboxylic acid groups (broad SMARTS) is 1. The zero-order chi connectivity index (χ0) is 13.8. The maximum atomic E-state index is 11.3. The Labute approximate surface area is 110 Å². The Bertz CT molecular complexity index is 281. The van der Waals surface area contributed by atoms with Crippen LogP contribution in [0.15, 0.2) is 0 Å². The molecule has 1 aliphatic rings. The van der Waals surface area contributed by atoms with Gasteiger partial charge in [0.05, 0.1) is 11.0 Å². The molecule has 1 saturated heterocycles. The Hall–Kier alpha value is -0.610. The minimum absolute atomic E-state index is 0.0912. The van der Waals surface area contributed by atoms with E-state index < -0.39 is 11.4 Å². The fraction of sp³-hybridized carbons (Fsp3) is 0.929. The predicted molar refractivity (Wildman–Crippen MR) is 71.7 cm³/mol. The second-order valence-corrected chi connectivity index (χ2v) is 5.99. The van der Waals surface area contributed by atoms with Crippen LogP contribution in [0.2, 0.25) is 0 Å². The third kappa shape index (κ3) is 3.69. The molecule has 1 aliphatic heterocycles. The molecule has 4 heteroatoms. The van der Waals surface area contributed by atoms with E-state index in [4.69, 9.17) is 4.74 Å². The average Bonchev–Trinajstić information content (AvgIpc) is 2.37. The monoisotopic (exact) mass is 257 g/mol. The summed E-state index contributed by atoms with van der Waals surface area (Å²) in [7, 11) is 1.74. The molecule has 18 heavy (non-hydrogen) atoms. The fourth-order valence-electron chi connectivity index (χ4n) is 2.45. The molecule has 1 rings (SSSR count). The van der Waals surface area contributed by atoms with Crippen LogP contribution in [0.25, 0.3) is 0 Å². The summed E-state index contributed by atoms with van der Waals surface area (Å²) in [6, 6.07) is 0. The zero-order valence-corrected chi connectivity index (χ0v) is 12.2. The highest BCUT2D eigenvalue weighted by Crippen LogP contribution is 2.35. The Balaban J connectivity index is 2.42. The molecule has 0 aliphatic carbocycles. The van der Waals surface area contributed by atoms with Gasteiger partial charge in [-0.25, -0.2) is 0 Å². The van der Waals surface area contributed by atoms with Crippen LogP contribution >= 0.6 is 0 Å². The smallest absolute Gasteiger partial charge is 0.309 e. The van der Waals surface area contributed by atoms with Crippen LogP contribution in [0.4, 0.5) is 0 Å². The maximum absolute atomic E-state index is 11.3. The highest BCUT2D eigenvalue weighted by molar-refractivity contribution is 5.74. The minimum Gasteiger partial charge on any atom is -0.481 e. The van der Waals surface area contributed by atoms with E-state index in [1.807, 2.05) is 6.92 Å². The lowest BCUT2D eigenvalue weighted by Gasteiger charge is -2.39. The number of likely N-dealkylation sites (tertiary alicyclic amines) is 1. The SMILES string of the molecule is CCC1(C(=O)O)CCN(CCC(C)(C)OC)CC1. The van der Waals surface area contributed by atoms with E-state index in [0.29, 0.717) is 0 Å². The van der Waals surface area contributed by atoms with Gasteiger partial charge < -0.3 is 14.7 Å². The van der Waals surface area contributed by atoms with Crippen LogP contribution in [0.5, 0.6) is 0 Å². The third-order valence-electron chi connectivity index (χ3n) is 4.53. The topological polar surface area (TPSA) is 49.8 Å². The van der Waals surface area contributed by atoms with Crippen molar-refractivity contribution in [2.24, 2.45) is 5.41 Å². The third-order valence-corrected chi connectivity index (χ3v) is 4.53. The molecule has 0 atom stereocenters. The van der Waals surface area contributed by atoms with Gasteiger partial charge in [-0.2, -0.15) is 0 Å². The van der Waals surface area contributed by atoms with Gasteiger partial charge in [-0.3, -0.25) is 4.79 Å². The number of piperidine rings is 1. The molecule has 0 bridgehead atoms. The van der Waals surface area contributed by atoms with Gasteiger partial charge in [0.2, 0.25) is 0 Å². The molecule has 106 valence electrons. The van der Waals surface area contributed by atoms with Crippen LogP contribution in [0.3, 0.4) is 0 Å². The molecule has 4 nitrogen and oxygen atoms in total. The van der Waals surface area contributed by atoms with Crippen LogP contribution in [-0.4, -0.2) is 48.3 Å². The summed E-state index contributed by atoms with van der Waals surface area (Å²) in [5, 5.41) is 9.33. The van der Waals surface area contributed by atoms with Crippen LogP contribution in [-0.2, 0) is 9.53 Å². The first-order valence-electron chi connectivity index (χ1n) is 6.86. The van der Waals surface area contributed by atoms with E-state index >= 15 is 0 Å². The van der Waals surface area contributed by atoms with Crippen molar-refractivity contribution < 1.29 is 14.6 Å². The number of aliphatic carboxylic acids is 1. The summed E-state index contributed by atoms with van der Waals surface area (Å²) < 4.78 is 5.41. The van der Waals surface area contributed by atoms with Crippen molar-refractivity contribution >= 4 is 5.97 Å². The highest BCUT2D eigenvalue weighted by atomic mass is 16.5. The summed E-state index contributed by atoms with van der Waals surface area (Å²) >= 11 is 0. The van der Waals surface area contributed by atoms with E-state index in [2.05, 4.69) is 18.7 Å². The molecule has 1 heterocycles. The predicted octanol–water partition coefficient (Wildman–Crippen LogP) is 2.38. The Kier molecular flexibility index (Phi) is 5.17. The van der Waals surface area contributed by atoms with Gasteiger partial charge in [-0.05, 0) is 52.6 Å². The van der Waals surface area contributed by atoms with E-state index in [1.165, 1.54) is 0 Å². The molecular weight excluding hydrogens is 230 g/mol. The number of carbonyl (C=O) groups is 1. The number of hydrogen-bond donors (Lipinski definition) is 1. The number of hydrogen-bond acceptors (Lipinski definition) is 3. The van der Waals surface area contributed by atoms with Crippen LogP contribution in [0, 0.1) is 5.41 Å². The summed E-state index contributed by atoms with van der Waals surface area (Å²) in [6.45, 7) is 8.92. The van der Waals surface area contributed by atoms with Gasteiger partial charge in [0.25, 0.3) is 0 Å². The summed E-state index contributed by atoms with van der Waals surface area (Å²) in [6.07, 6.45) is 3.26. The molecule has 0 unspecified atom stereocenters. The van der Waals surface area contributed by atoms with Crippen LogP contribution < -0.4 is 0 Å². The number of ether oxygens (including phenoxy) is 1. The summed E-state index contributed by atoms with van der Waals surface area (Å²) in [5.74, 6) is -0.623. The number of nitrogens with zero attached hydrogens (tertiary/aromatic N) is 1. The highest BCUT2D eigenvalue weighted by Gasteiger charge is 2.39. The maximum Gasteiger partial charge on any atom is 0.309 e. The van der Waals surface area contributed by atoms with Gasteiger partial charge in [-0.1, -0.05) is 6.92 Å². The first kappa shape index (κ1) is 15.4. The van der Waals surface area contributed by atoms with Crippen molar-refractivity contribution in [2.75, 3.05) is 26.7 Å². The quantitative estimate of drug-likeness (QED) is 0.793. The Morgan fingerprint density at radius 2 is 1.94 bits per heavy atom. The Morgan fingerprint density at radius 1 is 1.39 bits per heavy atom. The lowest BCUT2D eigenvalue weighted by molar-refractivity contribution is -0.152. The second-order valence-electron chi connectivity index (χ2n) is 5.99. The summed E-state index contributed by atoms with van der Waals surface area (Å²) in [4.78, 5) is 13.7. The van der Waals surface area contributed by atoms with E-state index in [0.717, 1.165) is 45.3 Å². The number of carboxylic acids is 1. The molecule has 1 N–H and O–H groups in total. The average molecular weight is 257 g/mol. The molecule has 0 saturated carbocycles. The van der Waals surface area contributed by atoms with Crippen molar-refractivity contribution in [3.63, 3.8) is 0 Å². The zero-order valence-electron chi connectivity index (χ0n) is 12.2. The fourth-order valence-corrected chi connectivity index (χ4v) is 2.45. The van der Waals surface area contributed by atoms with Gasteiger partial charge in [0, 0.05) is 13.7 Å². The minimum atomic E-state index is -0.623. The molecule has 0 spiro atoms. The van der Waals surface area contributed by atoms with E-state index in [9.17, 15) is 9.90 Å². The molecular formula is C14H27NO3. The van der Waals surface area contributed by atoms with Crippen molar-refractivity contribution in [1.29, 1.82) is 0 Å². The van der Waals surface area contributed by atoms with Crippen LogP contribution in [0.1, 0.15) is 46.5 Å². The van der Waals surface area contributed by atoms with Crippen molar-refractivity contribution in [2.45, 2.75) is 52.1 Å². The summed E-state index contributed by atoms with van der Waals surface area (Å²) in [5.41, 5.74) is -0.570. The van der Waals surface area contributed by atoms with Gasteiger partial charge >= 0.3 is 5.97 Å². The molecule has 0 radical (unpaired) electrons. The normalized spacial score (nSPS) is 20.9. The standard InChI is InChI=1S/C14H27NO3/c1-5-14(12(16)17)7-10-15(11-8-14)9-6-13(2,3)18-4/h5-11H2,1-4H3,(H,16,17). The Morgan fingerprint density at radius 3 is 2.33 bits per heavy atom. The van der Waals surface area contributed by atoms with Gasteiger partial charge in [0.15, 0.2) is 0 Å². The lowest BCUT2D eigenvalue weighted by atomic mass is 9.76. The first-order chi connectivity index (χ1) is 8.35. The largest absolute Gasteiger partial charge is 0.481 e. The molecule has 0 amide bonds. The van der Waals surface area contributed by atoms with Crippen molar-refractivity contribution in [1.82, 2.24) is 4.90 Å². The first-order valence-corrected chi connectivity index (χ1v) is 6.86. The molecule has 0 aromatic carbocycles. The van der Waals surface area contributed by atoms with Crippen molar-refractivity contribution in [3.05, 3.63) is 0 Å².